The van der Waals surface area contributed by atoms with Crippen LogP contribution < -0.4 is 0 Å². The summed E-state index contributed by atoms with van der Waals surface area (Å²) in [5.41, 5.74) is -0.246. The highest BCUT2D eigenvalue weighted by Gasteiger charge is 2.40. The number of nitrogens with zero attached hydrogens (tertiary/aromatic N) is 1. The van der Waals surface area contributed by atoms with Crippen LogP contribution in [0.3, 0.4) is 0 Å². The summed E-state index contributed by atoms with van der Waals surface area (Å²) in [6.45, 7) is 7.53. The molecule has 142 valence electrons. The van der Waals surface area contributed by atoms with Gasteiger partial charge in [0, 0.05) is 6.61 Å². The Morgan fingerprint density at radius 3 is 2.19 bits per heavy atom. The zero-order valence-electron chi connectivity index (χ0n) is 15.6. The van der Waals surface area contributed by atoms with E-state index in [1.165, 1.54) is 0 Å². The van der Waals surface area contributed by atoms with Gasteiger partial charge in [0.05, 0.1) is 17.7 Å². The lowest BCUT2D eigenvalue weighted by molar-refractivity contribution is -0.196. The molecule has 1 atom stereocenters. The molecule has 0 unspecified atom stereocenters. The summed E-state index contributed by atoms with van der Waals surface area (Å²) in [7, 11) is 0. The maximum atomic E-state index is 12.4. The van der Waals surface area contributed by atoms with Crippen LogP contribution in [0.1, 0.15) is 61.3 Å². The molecule has 26 heavy (non-hydrogen) atoms. The molecule has 2 amide bonds. The van der Waals surface area contributed by atoms with Crippen molar-refractivity contribution in [3.63, 3.8) is 0 Å². The van der Waals surface area contributed by atoms with Crippen LogP contribution in [0.4, 0.5) is 0 Å². The predicted octanol–water partition coefficient (Wildman–Crippen LogP) is 2.74. The molecule has 0 radical (unpaired) electrons. The average Bonchev–Trinajstić information content (AvgIpc) is 2.81. The van der Waals surface area contributed by atoms with Crippen LogP contribution in [0.5, 0.6) is 0 Å². The number of amides is 2. The van der Waals surface area contributed by atoms with Gasteiger partial charge in [-0.05, 0) is 39.3 Å². The second-order valence-electron chi connectivity index (χ2n) is 7.01. The van der Waals surface area contributed by atoms with Gasteiger partial charge in [0.2, 0.25) is 6.10 Å². The SMILES string of the molecule is CCCCOC[C@@H](ON1C(=O)c2ccccc2C1=O)C(=O)OC(C)(C)C. The van der Waals surface area contributed by atoms with Crippen molar-refractivity contribution < 1.29 is 28.7 Å². The van der Waals surface area contributed by atoms with Crippen molar-refractivity contribution in [1.82, 2.24) is 5.06 Å². The third-order valence-electron chi connectivity index (χ3n) is 3.57. The van der Waals surface area contributed by atoms with Crippen molar-refractivity contribution in [3.8, 4) is 0 Å². The highest BCUT2D eigenvalue weighted by atomic mass is 16.7. The van der Waals surface area contributed by atoms with Crippen LogP contribution in [-0.4, -0.2) is 47.8 Å². The average molecular weight is 363 g/mol. The minimum Gasteiger partial charge on any atom is -0.458 e. The van der Waals surface area contributed by atoms with Crippen LogP contribution >= 0.6 is 0 Å². The van der Waals surface area contributed by atoms with Crippen molar-refractivity contribution in [2.75, 3.05) is 13.2 Å². The van der Waals surface area contributed by atoms with E-state index in [1.54, 1.807) is 45.0 Å². The van der Waals surface area contributed by atoms with Gasteiger partial charge in [0.15, 0.2) is 0 Å². The van der Waals surface area contributed by atoms with Crippen LogP contribution in [0, 0.1) is 0 Å². The van der Waals surface area contributed by atoms with Crippen molar-refractivity contribution in [3.05, 3.63) is 35.4 Å². The molecule has 7 heteroatoms. The van der Waals surface area contributed by atoms with Gasteiger partial charge < -0.3 is 9.47 Å². The number of carbonyl (C=O) groups is 3. The smallest absolute Gasteiger partial charge is 0.341 e. The van der Waals surface area contributed by atoms with Crippen molar-refractivity contribution in [1.29, 1.82) is 0 Å². The predicted molar refractivity (Wildman–Crippen MR) is 93.4 cm³/mol. The van der Waals surface area contributed by atoms with Gasteiger partial charge in [-0.25, -0.2) is 9.63 Å². The van der Waals surface area contributed by atoms with E-state index < -0.39 is 29.5 Å². The zero-order valence-corrected chi connectivity index (χ0v) is 15.6. The van der Waals surface area contributed by atoms with Gasteiger partial charge in [-0.3, -0.25) is 9.59 Å². The fraction of sp³-hybridized carbons (Fsp3) is 0.526. The van der Waals surface area contributed by atoms with E-state index in [4.69, 9.17) is 14.3 Å². The summed E-state index contributed by atoms with van der Waals surface area (Å²) < 4.78 is 10.8. The lowest BCUT2D eigenvalue weighted by Gasteiger charge is -2.25. The fourth-order valence-corrected chi connectivity index (χ4v) is 2.34. The Morgan fingerprint density at radius 2 is 1.69 bits per heavy atom. The number of benzene rings is 1. The lowest BCUT2D eigenvalue weighted by atomic mass is 10.1. The third-order valence-corrected chi connectivity index (χ3v) is 3.57. The Morgan fingerprint density at radius 1 is 1.12 bits per heavy atom. The van der Waals surface area contributed by atoms with E-state index in [9.17, 15) is 14.4 Å². The van der Waals surface area contributed by atoms with E-state index in [1.807, 2.05) is 6.92 Å². The molecule has 1 aromatic carbocycles. The molecular weight excluding hydrogens is 338 g/mol. The van der Waals surface area contributed by atoms with Crippen molar-refractivity contribution >= 4 is 17.8 Å². The first kappa shape index (κ1) is 20.1. The Bertz CT molecular complexity index is 644. The molecule has 0 aliphatic carbocycles. The maximum absolute atomic E-state index is 12.4. The first-order valence-electron chi connectivity index (χ1n) is 8.69. The number of hydrogen-bond acceptors (Lipinski definition) is 6. The third kappa shape index (κ3) is 4.89. The highest BCUT2D eigenvalue weighted by Crippen LogP contribution is 2.24. The second-order valence-corrected chi connectivity index (χ2v) is 7.01. The lowest BCUT2D eigenvalue weighted by Crippen LogP contribution is -2.43. The number of imide groups is 1. The van der Waals surface area contributed by atoms with Gasteiger partial charge in [0.25, 0.3) is 11.8 Å². The summed E-state index contributed by atoms with van der Waals surface area (Å²) in [5, 5.41) is 0.614. The number of rotatable bonds is 8. The number of hydroxylamine groups is 2. The minimum atomic E-state index is -1.21. The van der Waals surface area contributed by atoms with Crippen LogP contribution in [0.15, 0.2) is 24.3 Å². The molecule has 2 rings (SSSR count). The summed E-state index contributed by atoms with van der Waals surface area (Å²) in [6.07, 6.45) is 0.554. The van der Waals surface area contributed by atoms with Gasteiger partial charge in [-0.1, -0.05) is 25.5 Å². The van der Waals surface area contributed by atoms with Gasteiger partial charge in [0.1, 0.15) is 5.60 Å². The zero-order chi connectivity index (χ0) is 19.3. The number of fused-ring (bicyclic) bond motifs is 1. The largest absolute Gasteiger partial charge is 0.458 e. The molecule has 0 fully saturated rings. The monoisotopic (exact) mass is 363 g/mol. The number of carbonyl (C=O) groups excluding carboxylic acids is 3. The fourth-order valence-electron chi connectivity index (χ4n) is 2.34. The first-order chi connectivity index (χ1) is 12.2. The minimum absolute atomic E-state index is 0.109. The summed E-state index contributed by atoms with van der Waals surface area (Å²) in [4.78, 5) is 42.7. The standard InChI is InChI=1S/C19H25NO6/c1-5-6-11-24-12-15(18(23)25-19(2,3)4)26-20-16(21)13-9-7-8-10-14(13)17(20)22/h7-10,15H,5-6,11-12H2,1-4H3/t15-/m1/s1. The topological polar surface area (TPSA) is 82.1 Å². The highest BCUT2D eigenvalue weighted by molar-refractivity contribution is 6.20. The van der Waals surface area contributed by atoms with Gasteiger partial charge >= 0.3 is 5.97 Å². The molecule has 1 aliphatic rings. The number of unbranched alkanes of at least 4 members (excludes halogenated alkanes) is 1. The van der Waals surface area contributed by atoms with E-state index >= 15 is 0 Å². The summed E-state index contributed by atoms with van der Waals surface area (Å²) in [5.74, 6) is -1.90. The molecule has 0 bridgehead atoms. The molecular formula is C19H25NO6. The van der Waals surface area contributed by atoms with Crippen molar-refractivity contribution in [2.45, 2.75) is 52.2 Å². The van der Waals surface area contributed by atoms with E-state index in [0.717, 1.165) is 12.8 Å². The quantitative estimate of drug-likeness (QED) is 0.401. The van der Waals surface area contributed by atoms with Gasteiger partial charge in [-0.15, -0.1) is 5.06 Å². The molecule has 1 aliphatic heterocycles. The number of ether oxygens (including phenoxy) is 2. The van der Waals surface area contributed by atoms with E-state index in [0.29, 0.717) is 11.7 Å². The van der Waals surface area contributed by atoms with E-state index in [2.05, 4.69) is 0 Å². The Balaban J connectivity index is 2.12. The molecule has 0 saturated carbocycles. The molecule has 0 N–H and O–H groups in total. The number of esters is 1. The Hall–Kier alpha value is -2.25. The Labute approximate surface area is 153 Å². The molecule has 1 aromatic rings. The van der Waals surface area contributed by atoms with Crippen molar-refractivity contribution in [2.24, 2.45) is 0 Å². The molecule has 1 heterocycles. The number of hydrogen-bond donors (Lipinski definition) is 0. The first-order valence-corrected chi connectivity index (χ1v) is 8.69. The molecule has 0 saturated heterocycles. The summed E-state index contributed by atoms with van der Waals surface area (Å²) >= 11 is 0. The normalized spacial score (nSPS) is 15.2. The molecule has 0 aromatic heterocycles. The summed E-state index contributed by atoms with van der Waals surface area (Å²) in [6, 6.07) is 6.40. The second kappa shape index (κ2) is 8.42. The van der Waals surface area contributed by atoms with Gasteiger partial charge in [-0.2, -0.15) is 0 Å². The van der Waals surface area contributed by atoms with E-state index in [-0.39, 0.29) is 17.7 Å². The maximum Gasteiger partial charge on any atom is 0.341 e. The molecule has 7 nitrogen and oxygen atoms in total. The van der Waals surface area contributed by atoms with Crippen LogP contribution in [0.25, 0.3) is 0 Å². The van der Waals surface area contributed by atoms with Crippen LogP contribution in [0.2, 0.25) is 0 Å². The Kier molecular flexibility index (Phi) is 6.50. The van der Waals surface area contributed by atoms with Crippen LogP contribution in [-0.2, 0) is 19.1 Å². The molecule has 0 spiro atoms.